The fraction of sp³-hybridized carbons (Fsp3) is 0.381. The molecule has 2 aliphatic rings. The third-order valence-electron chi connectivity index (χ3n) is 5.07. The Bertz CT molecular complexity index is 897. The van der Waals surface area contributed by atoms with Crippen LogP contribution in [0.1, 0.15) is 37.4 Å². The summed E-state index contributed by atoms with van der Waals surface area (Å²) in [4.78, 5) is 0. The molecule has 0 unspecified atom stereocenters. The fourth-order valence-electron chi connectivity index (χ4n) is 3.72. The summed E-state index contributed by atoms with van der Waals surface area (Å²) in [5.74, 6) is 2.59. The van der Waals surface area contributed by atoms with Crippen LogP contribution in [0.2, 0.25) is 5.02 Å². The highest BCUT2D eigenvalue weighted by Gasteiger charge is 2.41. The van der Waals surface area contributed by atoms with Crippen molar-refractivity contribution in [1.29, 1.82) is 0 Å². The van der Waals surface area contributed by atoms with E-state index in [1.165, 1.54) is 0 Å². The Kier molecular flexibility index (Phi) is 4.64. The molecule has 0 saturated heterocycles. The van der Waals surface area contributed by atoms with Gasteiger partial charge in [-0.1, -0.05) is 25.4 Å². The predicted octanol–water partition coefficient (Wildman–Crippen LogP) is 4.88. The van der Waals surface area contributed by atoms with Gasteiger partial charge in [-0.2, -0.15) is 5.10 Å². The van der Waals surface area contributed by atoms with Gasteiger partial charge in [0.25, 0.3) is 0 Å². The summed E-state index contributed by atoms with van der Waals surface area (Å²) in [5, 5.41) is 7.71. The Labute approximate surface area is 164 Å². The van der Waals surface area contributed by atoms with Gasteiger partial charge in [-0.25, -0.2) is 5.01 Å². The summed E-state index contributed by atoms with van der Waals surface area (Å²) in [6.45, 7) is 4.29. The second kappa shape index (κ2) is 6.97. The lowest BCUT2D eigenvalue weighted by Gasteiger charge is -2.40. The molecule has 0 spiro atoms. The molecule has 2 aromatic carbocycles. The minimum atomic E-state index is -0.110. The van der Waals surface area contributed by atoms with Crippen LogP contribution in [0.25, 0.3) is 0 Å². The van der Waals surface area contributed by atoms with Crippen LogP contribution in [0, 0.1) is 5.92 Å². The summed E-state index contributed by atoms with van der Waals surface area (Å²) < 4.78 is 17.0. The molecule has 0 amide bonds. The Morgan fingerprint density at radius 2 is 1.89 bits per heavy atom. The molecule has 6 heteroatoms. The zero-order valence-corrected chi connectivity index (χ0v) is 16.7. The van der Waals surface area contributed by atoms with Gasteiger partial charge < -0.3 is 14.2 Å². The summed E-state index contributed by atoms with van der Waals surface area (Å²) in [6, 6.07) is 11.8. The average molecular weight is 387 g/mol. The first-order valence-corrected chi connectivity index (χ1v) is 9.44. The summed E-state index contributed by atoms with van der Waals surface area (Å²) in [5.41, 5.74) is 3.11. The minimum Gasteiger partial charge on any atom is -0.493 e. The Balaban J connectivity index is 1.74. The van der Waals surface area contributed by atoms with Crippen molar-refractivity contribution in [3.05, 3.63) is 52.5 Å². The maximum Gasteiger partial charge on any atom is 0.190 e. The number of methoxy groups -OCH3 is 2. The van der Waals surface area contributed by atoms with Gasteiger partial charge in [0.1, 0.15) is 5.75 Å². The number of halogens is 1. The molecular weight excluding hydrogens is 364 g/mol. The molecule has 0 radical (unpaired) electrons. The Morgan fingerprint density at radius 3 is 2.59 bits per heavy atom. The van der Waals surface area contributed by atoms with Gasteiger partial charge in [-0.3, -0.25) is 0 Å². The van der Waals surface area contributed by atoms with Crippen LogP contribution in [0.4, 0.5) is 0 Å². The van der Waals surface area contributed by atoms with Crippen molar-refractivity contribution in [2.24, 2.45) is 11.0 Å². The largest absolute Gasteiger partial charge is 0.493 e. The van der Waals surface area contributed by atoms with Crippen molar-refractivity contribution in [2.75, 3.05) is 14.2 Å². The van der Waals surface area contributed by atoms with E-state index in [0.29, 0.717) is 22.4 Å². The number of fused-ring (bicyclic) bond motifs is 3. The van der Waals surface area contributed by atoms with E-state index >= 15 is 0 Å². The molecule has 2 aromatic rings. The summed E-state index contributed by atoms with van der Waals surface area (Å²) >= 11 is 6.25. The molecule has 0 aliphatic carbocycles. The highest BCUT2D eigenvalue weighted by atomic mass is 35.5. The van der Waals surface area contributed by atoms with Crippen molar-refractivity contribution in [2.45, 2.75) is 32.5 Å². The van der Waals surface area contributed by atoms with Crippen LogP contribution in [-0.4, -0.2) is 31.2 Å². The molecule has 4 rings (SSSR count). The molecule has 2 atom stereocenters. The second-order valence-electron chi connectivity index (χ2n) is 7.15. The second-order valence-corrected chi connectivity index (χ2v) is 7.59. The van der Waals surface area contributed by atoms with Crippen molar-refractivity contribution < 1.29 is 14.2 Å². The van der Waals surface area contributed by atoms with Crippen LogP contribution >= 0.6 is 11.6 Å². The van der Waals surface area contributed by atoms with Crippen LogP contribution in [0.3, 0.4) is 0 Å². The number of rotatable bonds is 4. The van der Waals surface area contributed by atoms with E-state index in [-0.39, 0.29) is 12.3 Å². The molecule has 142 valence electrons. The molecule has 27 heavy (non-hydrogen) atoms. The van der Waals surface area contributed by atoms with E-state index in [1.54, 1.807) is 14.2 Å². The molecular formula is C21H23ClN2O3. The quantitative estimate of drug-likeness (QED) is 0.750. The molecule has 0 saturated carbocycles. The summed E-state index contributed by atoms with van der Waals surface area (Å²) in [7, 11) is 3.28. The maximum atomic E-state index is 6.25. The van der Waals surface area contributed by atoms with E-state index in [9.17, 15) is 0 Å². The number of nitrogens with zero attached hydrogens (tertiary/aromatic N) is 2. The normalized spacial score (nSPS) is 20.7. The third kappa shape index (κ3) is 3.10. The highest BCUT2D eigenvalue weighted by Crippen LogP contribution is 2.45. The lowest BCUT2D eigenvalue weighted by Crippen LogP contribution is -2.43. The smallest absolute Gasteiger partial charge is 0.190 e. The molecule has 5 nitrogen and oxygen atoms in total. The Hall–Kier alpha value is -2.40. The topological polar surface area (TPSA) is 43.3 Å². The standard InChI is InChI=1S/C21H23ClN2O3/c1-12(2)21-24-17(15-10-14(22)6-8-18(15)27-21)11-16(23-24)13-5-7-19(25-3)20(9-13)26-4/h5-10,12,17,21H,11H2,1-4H3/t17-,21-/m0/s1. The van der Waals surface area contributed by atoms with Crippen molar-refractivity contribution in [1.82, 2.24) is 5.01 Å². The monoisotopic (exact) mass is 386 g/mol. The lowest BCUT2D eigenvalue weighted by molar-refractivity contribution is -0.0461. The van der Waals surface area contributed by atoms with Gasteiger partial charge in [-0.15, -0.1) is 0 Å². The van der Waals surface area contributed by atoms with Gasteiger partial charge >= 0.3 is 0 Å². The first kappa shape index (κ1) is 18.0. The molecule has 2 aliphatic heterocycles. The van der Waals surface area contributed by atoms with Crippen LogP contribution in [0.5, 0.6) is 17.2 Å². The third-order valence-corrected chi connectivity index (χ3v) is 5.30. The van der Waals surface area contributed by atoms with Gasteiger partial charge in [0.15, 0.2) is 17.7 Å². The molecule has 0 fully saturated rings. The Morgan fingerprint density at radius 1 is 1.11 bits per heavy atom. The fourth-order valence-corrected chi connectivity index (χ4v) is 3.90. The van der Waals surface area contributed by atoms with E-state index in [0.717, 1.165) is 29.0 Å². The van der Waals surface area contributed by atoms with Crippen LogP contribution in [-0.2, 0) is 0 Å². The molecule has 0 bridgehead atoms. The number of benzene rings is 2. The van der Waals surface area contributed by atoms with E-state index in [4.69, 9.17) is 30.9 Å². The summed E-state index contributed by atoms with van der Waals surface area (Å²) in [6.07, 6.45) is 0.677. The van der Waals surface area contributed by atoms with Crippen LogP contribution in [0.15, 0.2) is 41.5 Å². The SMILES string of the molecule is COc1ccc(C2=NN3[C@@H](C2)c2cc(Cl)ccc2O[C@H]3C(C)C)cc1OC. The number of hydrazone groups is 1. The first-order chi connectivity index (χ1) is 13.0. The van der Waals surface area contributed by atoms with Gasteiger partial charge in [-0.05, 0) is 36.4 Å². The van der Waals surface area contributed by atoms with E-state index in [1.807, 2.05) is 36.4 Å². The molecule has 0 N–H and O–H groups in total. The van der Waals surface area contributed by atoms with Crippen molar-refractivity contribution >= 4 is 17.3 Å². The predicted molar refractivity (Wildman–Crippen MR) is 106 cm³/mol. The lowest BCUT2D eigenvalue weighted by atomic mass is 9.95. The number of ether oxygens (including phenoxy) is 3. The maximum absolute atomic E-state index is 6.25. The number of hydrogen-bond acceptors (Lipinski definition) is 5. The first-order valence-electron chi connectivity index (χ1n) is 9.06. The van der Waals surface area contributed by atoms with E-state index in [2.05, 4.69) is 18.9 Å². The zero-order chi connectivity index (χ0) is 19.1. The van der Waals surface area contributed by atoms with E-state index < -0.39 is 0 Å². The van der Waals surface area contributed by atoms with Crippen molar-refractivity contribution in [3.8, 4) is 17.2 Å². The average Bonchev–Trinajstić information content (AvgIpc) is 3.12. The van der Waals surface area contributed by atoms with Crippen molar-refractivity contribution in [3.63, 3.8) is 0 Å². The zero-order valence-electron chi connectivity index (χ0n) is 15.9. The minimum absolute atomic E-state index is 0.110. The molecule has 2 heterocycles. The molecule has 0 aromatic heterocycles. The van der Waals surface area contributed by atoms with Crippen LogP contribution < -0.4 is 14.2 Å². The number of hydrogen-bond donors (Lipinski definition) is 0. The van der Waals surface area contributed by atoms with Gasteiger partial charge in [0, 0.05) is 28.5 Å². The highest BCUT2D eigenvalue weighted by molar-refractivity contribution is 6.30. The van der Waals surface area contributed by atoms with Gasteiger partial charge in [0.05, 0.1) is 26.0 Å². The van der Waals surface area contributed by atoms with Gasteiger partial charge in [0.2, 0.25) is 0 Å².